The molecule has 2 N–H and O–H groups in total. The highest BCUT2D eigenvalue weighted by Crippen LogP contribution is 2.36. The molecule has 310 valence electrons. The van der Waals surface area contributed by atoms with Crippen molar-refractivity contribution < 1.29 is 55.3 Å². The lowest BCUT2D eigenvalue weighted by atomic mass is 9.82. The van der Waals surface area contributed by atoms with Gasteiger partial charge in [0.15, 0.2) is 0 Å². The maximum absolute atomic E-state index is 13.7. The average molecular weight is 787 g/mol. The highest BCUT2D eigenvalue weighted by Gasteiger charge is 2.33. The molecule has 14 heteroatoms. The maximum atomic E-state index is 13.7. The van der Waals surface area contributed by atoms with Crippen molar-refractivity contribution >= 4 is 17.7 Å². The monoisotopic (exact) mass is 786 g/mol. The van der Waals surface area contributed by atoms with Crippen LogP contribution >= 0.6 is 0 Å². The Morgan fingerprint density at radius 2 is 1.22 bits per heavy atom. The second-order valence-corrected chi connectivity index (χ2v) is 14.0. The van der Waals surface area contributed by atoms with Crippen LogP contribution in [0.15, 0.2) is 11.3 Å². The molecule has 2 rings (SSSR count). The first kappa shape index (κ1) is 47.6. The van der Waals surface area contributed by atoms with Gasteiger partial charge in [0.25, 0.3) is 0 Å². The first-order valence-corrected chi connectivity index (χ1v) is 19.6. The molecule has 55 heavy (non-hydrogen) atoms. The third kappa shape index (κ3) is 19.2. The molecule has 1 atom stereocenters. The molecule has 1 unspecified atom stereocenters. The Balaban J connectivity index is 1.70. The molecule has 0 radical (unpaired) electrons. The summed E-state index contributed by atoms with van der Waals surface area (Å²) in [6.07, 6.45) is 18.5. The van der Waals surface area contributed by atoms with Gasteiger partial charge in [0, 0.05) is 37.0 Å². The summed E-state index contributed by atoms with van der Waals surface area (Å²) >= 11 is 0. The van der Waals surface area contributed by atoms with Crippen LogP contribution in [0.2, 0.25) is 0 Å². The zero-order chi connectivity index (χ0) is 40.5. The number of hydrogen-bond acceptors (Lipinski definition) is 8. The number of carbonyl (C=O) groups excluding carboxylic acids is 3. The Labute approximate surface area is 322 Å². The lowest BCUT2D eigenvalue weighted by Crippen LogP contribution is -2.46. The van der Waals surface area contributed by atoms with Crippen LogP contribution in [0.3, 0.4) is 0 Å². The molecule has 1 aliphatic carbocycles. The second-order valence-electron chi connectivity index (χ2n) is 14.0. The molecule has 0 saturated heterocycles. The summed E-state index contributed by atoms with van der Waals surface area (Å²) in [4.78, 5) is 36.8. The summed E-state index contributed by atoms with van der Waals surface area (Å²) in [5, 5.41) is 6.81. The number of Topliss-reactive ketones (excluding diaryl/α,β-unsaturated/α-hetero) is 1. The van der Waals surface area contributed by atoms with Crippen molar-refractivity contribution in [3.8, 4) is 18.1 Å². The number of allylic oxidation sites excluding steroid dienone is 2. The molecule has 9 nitrogen and oxygen atoms in total. The number of nitrogens with one attached hydrogen (secondary N) is 2. The molecular weight excluding hydrogens is 727 g/mol. The molecule has 1 fully saturated rings. The van der Waals surface area contributed by atoms with Gasteiger partial charge in [0.05, 0.1) is 33.0 Å². The fourth-order valence-corrected chi connectivity index (χ4v) is 6.21. The molecule has 1 aromatic carbocycles. The minimum Gasteiger partial charge on any atom is -0.420 e. The number of carbonyl (C=O) groups is 3. The van der Waals surface area contributed by atoms with Crippen molar-refractivity contribution in [2.75, 3.05) is 46.2 Å². The van der Waals surface area contributed by atoms with E-state index < -0.39 is 40.8 Å². The molecule has 1 saturated carbocycles. The van der Waals surface area contributed by atoms with Crippen LogP contribution in [0.5, 0.6) is 5.75 Å². The molecule has 1 aromatic rings. The lowest BCUT2D eigenvalue weighted by molar-refractivity contribution is -0.135. The third-order valence-corrected chi connectivity index (χ3v) is 9.30. The van der Waals surface area contributed by atoms with Crippen molar-refractivity contribution in [3.05, 3.63) is 40.4 Å². The Morgan fingerprint density at radius 3 is 1.78 bits per heavy atom. The predicted octanol–water partition coefficient (Wildman–Crippen LogP) is 8.31. The fraction of sp³-hybridized carbons (Fsp3) is 0.683. The van der Waals surface area contributed by atoms with Crippen LogP contribution in [-0.2, 0) is 28.6 Å². The fourth-order valence-electron chi connectivity index (χ4n) is 6.21. The smallest absolute Gasteiger partial charge is 0.311 e. The van der Waals surface area contributed by atoms with Crippen LogP contribution in [0.4, 0.5) is 22.0 Å². The van der Waals surface area contributed by atoms with E-state index in [-0.39, 0.29) is 30.3 Å². The summed E-state index contributed by atoms with van der Waals surface area (Å²) in [6, 6.07) is 0. The number of benzene rings is 1. The largest absolute Gasteiger partial charge is 0.420 e. The van der Waals surface area contributed by atoms with Crippen molar-refractivity contribution in [2.24, 2.45) is 0 Å². The summed E-state index contributed by atoms with van der Waals surface area (Å²) in [5.74, 6) is -11.2. The Hall–Kier alpha value is -3.54. The van der Waals surface area contributed by atoms with Gasteiger partial charge in [0.2, 0.25) is 40.7 Å². The molecule has 0 heterocycles. The average Bonchev–Trinajstić information content (AvgIpc) is 4.01. The second kappa shape index (κ2) is 27.1. The van der Waals surface area contributed by atoms with Crippen LogP contribution in [-0.4, -0.2) is 69.4 Å². The van der Waals surface area contributed by atoms with Crippen molar-refractivity contribution in [1.29, 1.82) is 0 Å². The van der Waals surface area contributed by atoms with E-state index in [0.717, 1.165) is 70.6 Å². The van der Waals surface area contributed by atoms with E-state index in [2.05, 4.69) is 28.2 Å². The topological polar surface area (TPSA) is 112 Å². The Morgan fingerprint density at radius 1 is 0.691 bits per heavy atom. The lowest BCUT2D eigenvalue weighted by Gasteiger charge is -2.37. The van der Waals surface area contributed by atoms with E-state index >= 15 is 0 Å². The number of amides is 1. The quantitative estimate of drug-likeness (QED) is 0.0143. The zero-order valence-corrected chi connectivity index (χ0v) is 32.5. The van der Waals surface area contributed by atoms with Crippen molar-refractivity contribution in [3.63, 3.8) is 0 Å². The summed E-state index contributed by atoms with van der Waals surface area (Å²) < 4.78 is 87.9. The van der Waals surface area contributed by atoms with E-state index in [1.165, 1.54) is 11.3 Å². The number of rotatable bonds is 32. The number of esters is 1. The van der Waals surface area contributed by atoms with Crippen molar-refractivity contribution in [2.45, 2.75) is 135 Å². The highest BCUT2D eigenvalue weighted by atomic mass is 19.2. The number of halogens is 5. The van der Waals surface area contributed by atoms with Gasteiger partial charge in [-0.2, -0.15) is 8.78 Å². The molecule has 0 bridgehead atoms. The van der Waals surface area contributed by atoms with Crippen LogP contribution < -0.4 is 15.4 Å². The van der Waals surface area contributed by atoms with E-state index in [1.54, 1.807) is 6.92 Å². The van der Waals surface area contributed by atoms with E-state index in [0.29, 0.717) is 78.1 Å². The first-order valence-electron chi connectivity index (χ1n) is 19.6. The van der Waals surface area contributed by atoms with Gasteiger partial charge in [-0.3, -0.25) is 9.59 Å². The van der Waals surface area contributed by atoms with E-state index in [9.17, 15) is 36.3 Å². The number of ketones is 1. The maximum Gasteiger partial charge on any atom is 0.311 e. The van der Waals surface area contributed by atoms with Crippen LogP contribution in [0, 0.1) is 41.4 Å². The highest BCUT2D eigenvalue weighted by molar-refractivity contribution is 5.76. The number of hydrogen-bond donors (Lipinski definition) is 2. The van der Waals surface area contributed by atoms with Gasteiger partial charge in [-0.1, -0.05) is 63.4 Å². The van der Waals surface area contributed by atoms with Crippen LogP contribution in [0.1, 0.15) is 129 Å². The minimum absolute atomic E-state index is 0.0553. The third-order valence-electron chi connectivity index (χ3n) is 9.30. The summed E-state index contributed by atoms with van der Waals surface area (Å²) in [6.45, 7) is 6.43. The van der Waals surface area contributed by atoms with E-state index in [1.807, 2.05) is 0 Å². The predicted molar refractivity (Wildman–Crippen MR) is 199 cm³/mol. The molecular formula is C41H59F5N2O7. The molecule has 1 aliphatic rings. The van der Waals surface area contributed by atoms with Gasteiger partial charge in [-0.15, -0.1) is 6.42 Å². The number of unbranched alkanes of at least 4 members (excludes halogenated alkanes) is 7. The first-order chi connectivity index (χ1) is 26.4. The Bertz CT molecular complexity index is 1400. The summed E-state index contributed by atoms with van der Waals surface area (Å²) in [5.41, 5.74) is 2.29. The zero-order valence-electron chi connectivity index (χ0n) is 32.5. The normalized spacial score (nSPS) is 13.2. The number of ether oxygens (including phenoxy) is 4. The van der Waals surface area contributed by atoms with Gasteiger partial charge in [-0.05, 0) is 58.3 Å². The van der Waals surface area contributed by atoms with Gasteiger partial charge in [-0.25, -0.2) is 13.2 Å². The minimum atomic E-state index is -2.31. The van der Waals surface area contributed by atoms with Crippen molar-refractivity contribution in [1.82, 2.24) is 10.6 Å². The van der Waals surface area contributed by atoms with Crippen LogP contribution in [0.25, 0.3) is 0 Å². The molecule has 0 spiro atoms. The molecule has 0 aliphatic heterocycles. The van der Waals surface area contributed by atoms with Gasteiger partial charge in [0.1, 0.15) is 12.4 Å². The standard InChI is InChI=1S/C41H59F5N2O7/c1-4-20-41(21-18-30(3)49,22-19-33(50)47-23-25-53-27-29-54-28-26-52-24-5-2)48-32(31-16-17-31)14-12-10-8-6-7-9-11-13-15-34(51)55-40-38(45)36(43)35(42)37(44)39(40)46/h2,48H,4,6-29H2,1,3H3,(H,47,50). The summed E-state index contributed by atoms with van der Waals surface area (Å²) in [7, 11) is 0. The SMILES string of the molecule is C#CCOCCOCCOCCNC(=O)CCC(CCC)(CCC(C)=O)NC(CCCCCCCCCCC(=O)Oc1c(F)c(F)c(F)c(F)c1F)=C1CC1. The van der Waals surface area contributed by atoms with Gasteiger partial charge < -0.3 is 34.4 Å². The van der Waals surface area contributed by atoms with E-state index in [4.69, 9.17) is 20.6 Å². The molecule has 1 amide bonds. The van der Waals surface area contributed by atoms with Gasteiger partial charge >= 0.3 is 5.97 Å². The number of terminal acetylenes is 1. The Kier molecular flexibility index (Phi) is 23.5. The molecule has 0 aromatic heterocycles.